The number of para-hydroxylation sites is 2. The molecule has 2 heterocycles. The van der Waals surface area contributed by atoms with Crippen LogP contribution in [0.1, 0.15) is 0 Å². The van der Waals surface area contributed by atoms with Gasteiger partial charge in [0.05, 0.1) is 22.1 Å². The Hall–Kier alpha value is -7.42. The zero-order valence-corrected chi connectivity index (χ0v) is 30.7. The number of fused-ring (bicyclic) bond motifs is 6. The second kappa shape index (κ2) is 13.2. The Bertz CT molecular complexity index is 3200. The van der Waals surface area contributed by atoms with E-state index in [1.165, 1.54) is 88.1 Å². The van der Waals surface area contributed by atoms with Gasteiger partial charge in [-0.05, 0) is 99.1 Å². The van der Waals surface area contributed by atoms with Gasteiger partial charge in [0.15, 0.2) is 0 Å². The van der Waals surface area contributed by atoms with Crippen LogP contribution in [0.15, 0.2) is 218 Å². The van der Waals surface area contributed by atoms with Crippen LogP contribution in [0, 0.1) is 0 Å². The molecule has 0 unspecified atom stereocenters. The first-order valence-electron chi connectivity index (χ1n) is 19.3. The predicted molar refractivity (Wildman–Crippen MR) is 237 cm³/mol. The van der Waals surface area contributed by atoms with Gasteiger partial charge >= 0.3 is 0 Å². The van der Waals surface area contributed by atoms with Crippen LogP contribution in [-0.2, 0) is 0 Å². The number of aromatic nitrogens is 2. The molecule has 0 aliphatic carbocycles. The summed E-state index contributed by atoms with van der Waals surface area (Å²) in [7, 11) is 0. The maximum Gasteiger partial charge on any atom is 0.0547 e. The lowest BCUT2D eigenvalue weighted by atomic mass is 9.99. The molecule has 0 spiro atoms. The van der Waals surface area contributed by atoms with Gasteiger partial charge in [-0.3, -0.25) is 0 Å². The number of hydrogen-bond acceptors (Lipinski definition) is 0. The van der Waals surface area contributed by atoms with Crippen LogP contribution in [0.2, 0.25) is 0 Å². The van der Waals surface area contributed by atoms with Crippen LogP contribution in [0.4, 0.5) is 0 Å². The Labute approximate surface area is 325 Å². The van der Waals surface area contributed by atoms with Crippen molar-refractivity contribution < 1.29 is 0 Å². The van der Waals surface area contributed by atoms with Gasteiger partial charge in [-0.2, -0.15) is 0 Å². The summed E-state index contributed by atoms with van der Waals surface area (Å²) in [6.45, 7) is 0. The van der Waals surface area contributed by atoms with E-state index in [2.05, 4.69) is 228 Å². The minimum atomic E-state index is 1.14. The van der Waals surface area contributed by atoms with E-state index in [9.17, 15) is 0 Å². The fourth-order valence-corrected chi connectivity index (χ4v) is 8.60. The van der Waals surface area contributed by atoms with Crippen molar-refractivity contribution in [2.75, 3.05) is 0 Å². The number of hydrogen-bond donors (Lipinski definition) is 0. The van der Waals surface area contributed by atoms with Crippen LogP contribution in [0.25, 0.3) is 99.5 Å². The van der Waals surface area contributed by atoms with Crippen LogP contribution < -0.4 is 0 Å². The lowest BCUT2D eigenvalue weighted by Crippen LogP contribution is -1.95. The van der Waals surface area contributed by atoms with E-state index in [1.54, 1.807) is 0 Å². The van der Waals surface area contributed by atoms with Crippen LogP contribution in [0.3, 0.4) is 0 Å². The van der Waals surface area contributed by atoms with Crippen molar-refractivity contribution in [3.8, 4) is 55.9 Å². The summed E-state index contributed by atoms with van der Waals surface area (Å²) in [6.07, 6.45) is 0. The fourth-order valence-electron chi connectivity index (χ4n) is 8.60. The van der Waals surface area contributed by atoms with E-state index in [4.69, 9.17) is 0 Å². The Balaban J connectivity index is 1.02. The van der Waals surface area contributed by atoms with Gasteiger partial charge in [0.1, 0.15) is 0 Å². The van der Waals surface area contributed by atoms with Gasteiger partial charge in [-0.25, -0.2) is 0 Å². The van der Waals surface area contributed by atoms with E-state index in [0.29, 0.717) is 0 Å². The number of rotatable bonds is 6. The van der Waals surface area contributed by atoms with Crippen molar-refractivity contribution in [1.29, 1.82) is 0 Å². The minimum absolute atomic E-state index is 1.14. The van der Waals surface area contributed by atoms with E-state index in [1.807, 2.05) is 0 Å². The summed E-state index contributed by atoms with van der Waals surface area (Å²) < 4.78 is 4.83. The zero-order valence-electron chi connectivity index (χ0n) is 30.7. The molecule has 0 amide bonds. The molecular formula is C54H36N2. The average Bonchev–Trinajstić information content (AvgIpc) is 3.79. The maximum absolute atomic E-state index is 2.42. The van der Waals surface area contributed by atoms with Crippen molar-refractivity contribution in [2.24, 2.45) is 0 Å². The first kappa shape index (κ1) is 32.0. The summed E-state index contributed by atoms with van der Waals surface area (Å²) in [5, 5.41) is 5.01. The molecular weight excluding hydrogens is 677 g/mol. The summed E-state index contributed by atoms with van der Waals surface area (Å²) in [6, 6.07) is 79.4. The molecule has 0 atom stereocenters. The van der Waals surface area contributed by atoms with Crippen LogP contribution in [-0.4, -0.2) is 9.13 Å². The molecule has 2 aromatic heterocycles. The van der Waals surface area contributed by atoms with Crippen LogP contribution in [0.5, 0.6) is 0 Å². The Morgan fingerprint density at radius 3 is 1.00 bits per heavy atom. The SMILES string of the molecule is c1ccc(-c2ccc(-n3c4ccccc4c4ccc(-c5ccc6c7ccccc7n(-c7ccc(-c8cccc(-c9ccccc9)c8)cc7)c6c5)cc43)cc2)cc1. The normalized spacial score (nSPS) is 11.6. The van der Waals surface area contributed by atoms with Gasteiger partial charge in [0.25, 0.3) is 0 Å². The largest absolute Gasteiger partial charge is 0.309 e. The van der Waals surface area contributed by atoms with Gasteiger partial charge in [0, 0.05) is 32.9 Å². The zero-order chi connectivity index (χ0) is 37.0. The van der Waals surface area contributed by atoms with E-state index in [-0.39, 0.29) is 0 Å². The predicted octanol–water partition coefficient (Wildman–Crippen LogP) is 14.5. The number of nitrogens with zero attached hydrogens (tertiary/aromatic N) is 2. The molecule has 2 heteroatoms. The van der Waals surface area contributed by atoms with Gasteiger partial charge in [-0.1, -0.05) is 164 Å². The highest BCUT2D eigenvalue weighted by Crippen LogP contribution is 2.39. The summed E-state index contributed by atoms with van der Waals surface area (Å²) in [4.78, 5) is 0. The second-order valence-corrected chi connectivity index (χ2v) is 14.6. The topological polar surface area (TPSA) is 9.86 Å². The lowest BCUT2D eigenvalue weighted by molar-refractivity contribution is 1.18. The summed E-state index contributed by atoms with van der Waals surface area (Å²) >= 11 is 0. The lowest BCUT2D eigenvalue weighted by Gasteiger charge is -2.12. The molecule has 9 aromatic carbocycles. The highest BCUT2D eigenvalue weighted by Gasteiger charge is 2.16. The molecule has 0 bridgehead atoms. The van der Waals surface area contributed by atoms with E-state index >= 15 is 0 Å². The molecule has 11 aromatic rings. The molecule has 0 fully saturated rings. The van der Waals surface area contributed by atoms with Crippen molar-refractivity contribution in [3.63, 3.8) is 0 Å². The minimum Gasteiger partial charge on any atom is -0.309 e. The van der Waals surface area contributed by atoms with Crippen molar-refractivity contribution >= 4 is 43.6 Å². The molecule has 0 aliphatic heterocycles. The second-order valence-electron chi connectivity index (χ2n) is 14.6. The van der Waals surface area contributed by atoms with Crippen molar-refractivity contribution in [2.45, 2.75) is 0 Å². The smallest absolute Gasteiger partial charge is 0.0547 e. The van der Waals surface area contributed by atoms with Crippen molar-refractivity contribution in [3.05, 3.63) is 218 Å². The Kier molecular flexibility index (Phi) is 7.53. The third-order valence-corrected chi connectivity index (χ3v) is 11.3. The van der Waals surface area contributed by atoms with Gasteiger partial charge in [-0.15, -0.1) is 0 Å². The van der Waals surface area contributed by atoms with Gasteiger partial charge in [0.2, 0.25) is 0 Å². The summed E-state index contributed by atoms with van der Waals surface area (Å²) in [5.41, 5.74) is 16.8. The molecule has 262 valence electrons. The molecule has 2 nitrogen and oxygen atoms in total. The fraction of sp³-hybridized carbons (Fsp3) is 0. The third-order valence-electron chi connectivity index (χ3n) is 11.3. The molecule has 0 saturated heterocycles. The first-order chi connectivity index (χ1) is 27.8. The quantitative estimate of drug-likeness (QED) is 0.162. The van der Waals surface area contributed by atoms with Crippen LogP contribution >= 0.6 is 0 Å². The molecule has 0 saturated carbocycles. The third kappa shape index (κ3) is 5.34. The molecule has 56 heavy (non-hydrogen) atoms. The average molecular weight is 713 g/mol. The monoisotopic (exact) mass is 712 g/mol. The highest BCUT2D eigenvalue weighted by molar-refractivity contribution is 6.12. The molecule has 0 aliphatic rings. The first-order valence-corrected chi connectivity index (χ1v) is 19.3. The summed E-state index contributed by atoms with van der Waals surface area (Å²) in [5.74, 6) is 0. The molecule has 11 rings (SSSR count). The molecule has 0 N–H and O–H groups in total. The Morgan fingerprint density at radius 1 is 0.196 bits per heavy atom. The molecule has 0 radical (unpaired) electrons. The highest BCUT2D eigenvalue weighted by atomic mass is 15.0. The standard InChI is InChI=1S/C54H36N2/c1-3-12-37(13-4-1)39-22-28-45(29-23-39)55-51-20-9-7-18-47(51)49-32-26-43(35-53(49)55)44-27-33-50-48-19-8-10-21-52(48)56(54(50)36-44)46-30-24-40(25-31-46)42-17-11-16-41(34-42)38-14-5-2-6-15-38/h1-36H. The van der Waals surface area contributed by atoms with E-state index < -0.39 is 0 Å². The maximum atomic E-state index is 2.42. The Morgan fingerprint density at radius 2 is 0.518 bits per heavy atom. The van der Waals surface area contributed by atoms with E-state index in [0.717, 1.165) is 11.4 Å². The van der Waals surface area contributed by atoms with Crippen molar-refractivity contribution in [1.82, 2.24) is 9.13 Å². The van der Waals surface area contributed by atoms with Gasteiger partial charge < -0.3 is 9.13 Å². The number of benzene rings is 9.